The normalized spacial score (nSPS) is 14.7. The van der Waals surface area contributed by atoms with Crippen molar-refractivity contribution < 1.29 is 4.74 Å². The second kappa shape index (κ2) is 7.79. The fourth-order valence-electron chi connectivity index (χ4n) is 2.28. The molecular formula is C20H25NO. The van der Waals surface area contributed by atoms with Gasteiger partial charge in [0.1, 0.15) is 5.75 Å². The van der Waals surface area contributed by atoms with E-state index in [-0.39, 0.29) is 12.1 Å². The summed E-state index contributed by atoms with van der Waals surface area (Å²) in [5.41, 5.74) is 3.45. The lowest BCUT2D eigenvalue weighted by Gasteiger charge is -2.18. The van der Waals surface area contributed by atoms with Crippen LogP contribution in [-0.2, 0) is 0 Å². The SMILES string of the molecule is CC(C)N=Cc1cccc(C2=CC=CC=CC2)c1OC(C)C. The molecule has 1 aromatic rings. The number of ether oxygens (including phenoxy) is 1. The average Bonchev–Trinajstić information content (AvgIpc) is 2.74. The third-order valence-electron chi connectivity index (χ3n) is 3.25. The lowest BCUT2D eigenvalue weighted by molar-refractivity contribution is 0.241. The summed E-state index contributed by atoms with van der Waals surface area (Å²) in [6.45, 7) is 8.27. The smallest absolute Gasteiger partial charge is 0.135 e. The van der Waals surface area contributed by atoms with Gasteiger partial charge in [-0.1, -0.05) is 42.5 Å². The molecule has 1 aliphatic carbocycles. The van der Waals surface area contributed by atoms with Crippen molar-refractivity contribution in [1.29, 1.82) is 0 Å². The van der Waals surface area contributed by atoms with Crippen molar-refractivity contribution in [1.82, 2.24) is 0 Å². The number of allylic oxidation sites excluding steroid dienone is 6. The Balaban J connectivity index is 2.48. The number of aliphatic imine (C=N–C) groups is 1. The molecule has 2 heteroatoms. The van der Waals surface area contributed by atoms with Crippen molar-refractivity contribution in [3.8, 4) is 5.75 Å². The van der Waals surface area contributed by atoms with E-state index in [0.29, 0.717) is 0 Å². The molecule has 22 heavy (non-hydrogen) atoms. The second-order valence-electron chi connectivity index (χ2n) is 5.97. The maximum atomic E-state index is 6.12. The van der Waals surface area contributed by atoms with E-state index in [1.54, 1.807) is 0 Å². The van der Waals surface area contributed by atoms with Gasteiger partial charge >= 0.3 is 0 Å². The summed E-state index contributed by atoms with van der Waals surface area (Å²) >= 11 is 0. The Labute approximate surface area is 133 Å². The summed E-state index contributed by atoms with van der Waals surface area (Å²) in [6, 6.07) is 6.54. The van der Waals surface area contributed by atoms with Crippen LogP contribution in [0.25, 0.3) is 5.57 Å². The molecule has 0 saturated heterocycles. The highest BCUT2D eigenvalue weighted by Gasteiger charge is 2.13. The highest BCUT2D eigenvalue weighted by atomic mass is 16.5. The van der Waals surface area contributed by atoms with Gasteiger partial charge in [-0.05, 0) is 45.8 Å². The number of para-hydroxylation sites is 1. The van der Waals surface area contributed by atoms with Gasteiger partial charge in [0.05, 0.1) is 6.10 Å². The minimum Gasteiger partial charge on any atom is -0.490 e. The van der Waals surface area contributed by atoms with Crippen LogP contribution in [-0.4, -0.2) is 18.4 Å². The van der Waals surface area contributed by atoms with Crippen molar-refractivity contribution >= 4 is 11.8 Å². The van der Waals surface area contributed by atoms with Crippen LogP contribution in [0.2, 0.25) is 0 Å². The van der Waals surface area contributed by atoms with Gasteiger partial charge in [0.15, 0.2) is 0 Å². The Morgan fingerprint density at radius 2 is 1.91 bits per heavy atom. The van der Waals surface area contributed by atoms with Crippen molar-refractivity contribution in [2.45, 2.75) is 46.3 Å². The van der Waals surface area contributed by atoms with E-state index in [1.807, 2.05) is 6.21 Å². The summed E-state index contributed by atoms with van der Waals surface area (Å²) in [5, 5.41) is 0. The van der Waals surface area contributed by atoms with Crippen LogP contribution >= 0.6 is 0 Å². The predicted molar refractivity (Wildman–Crippen MR) is 95.8 cm³/mol. The fourth-order valence-corrected chi connectivity index (χ4v) is 2.28. The maximum Gasteiger partial charge on any atom is 0.135 e. The molecule has 0 amide bonds. The summed E-state index contributed by atoms with van der Waals surface area (Å²) < 4.78 is 6.12. The molecule has 1 aromatic carbocycles. The van der Waals surface area contributed by atoms with Crippen LogP contribution in [0, 0.1) is 0 Å². The molecule has 0 saturated carbocycles. The van der Waals surface area contributed by atoms with Crippen molar-refractivity contribution in [2.24, 2.45) is 4.99 Å². The number of nitrogens with zero attached hydrogens (tertiary/aromatic N) is 1. The van der Waals surface area contributed by atoms with E-state index < -0.39 is 0 Å². The molecule has 0 bridgehead atoms. The van der Waals surface area contributed by atoms with Crippen LogP contribution in [0.15, 0.2) is 53.6 Å². The molecule has 116 valence electrons. The predicted octanol–water partition coefficient (Wildman–Crippen LogP) is 5.20. The van der Waals surface area contributed by atoms with E-state index in [4.69, 9.17) is 4.74 Å². The zero-order chi connectivity index (χ0) is 15.9. The molecule has 0 radical (unpaired) electrons. The molecule has 0 unspecified atom stereocenters. The maximum absolute atomic E-state index is 6.12. The first kappa shape index (κ1) is 16.3. The third kappa shape index (κ3) is 4.45. The van der Waals surface area contributed by atoms with Crippen LogP contribution < -0.4 is 4.74 Å². The third-order valence-corrected chi connectivity index (χ3v) is 3.25. The minimum atomic E-state index is 0.129. The largest absolute Gasteiger partial charge is 0.490 e. The van der Waals surface area contributed by atoms with Gasteiger partial charge in [0, 0.05) is 23.4 Å². The highest BCUT2D eigenvalue weighted by Crippen LogP contribution is 2.33. The Morgan fingerprint density at radius 1 is 1.09 bits per heavy atom. The standard InChI is InChI=1S/C20H25NO/c1-15(2)21-14-18-12-9-13-19(20(18)22-16(3)4)17-10-7-5-6-8-11-17/h5-10,12-16H,11H2,1-4H3. The summed E-state index contributed by atoms with van der Waals surface area (Å²) in [4.78, 5) is 4.52. The van der Waals surface area contributed by atoms with Gasteiger partial charge in [-0.3, -0.25) is 4.99 Å². The first-order valence-corrected chi connectivity index (χ1v) is 7.93. The zero-order valence-corrected chi connectivity index (χ0v) is 13.9. The van der Waals surface area contributed by atoms with E-state index in [1.165, 1.54) is 5.57 Å². The van der Waals surface area contributed by atoms with E-state index in [9.17, 15) is 0 Å². The molecule has 2 rings (SSSR count). The summed E-state index contributed by atoms with van der Waals surface area (Å²) in [6.07, 6.45) is 13.5. The molecule has 0 aromatic heterocycles. The summed E-state index contributed by atoms with van der Waals surface area (Å²) in [5.74, 6) is 0.928. The lowest BCUT2D eigenvalue weighted by Crippen LogP contribution is -2.10. The number of benzene rings is 1. The van der Waals surface area contributed by atoms with Crippen molar-refractivity contribution in [2.75, 3.05) is 0 Å². The first-order chi connectivity index (χ1) is 10.6. The molecule has 0 fully saturated rings. The Bertz CT molecular complexity index is 619. The molecule has 0 spiro atoms. The lowest BCUT2D eigenvalue weighted by atomic mass is 9.98. The number of hydrogen-bond acceptors (Lipinski definition) is 2. The average molecular weight is 295 g/mol. The van der Waals surface area contributed by atoms with Crippen LogP contribution in [0.5, 0.6) is 5.75 Å². The van der Waals surface area contributed by atoms with Gasteiger partial charge < -0.3 is 4.74 Å². The van der Waals surface area contributed by atoms with Crippen LogP contribution in [0.3, 0.4) is 0 Å². The Kier molecular flexibility index (Phi) is 5.76. The molecule has 0 aliphatic heterocycles. The Hall–Kier alpha value is -2.09. The topological polar surface area (TPSA) is 21.6 Å². The number of rotatable bonds is 5. The fraction of sp³-hybridized carbons (Fsp3) is 0.350. The molecule has 0 atom stereocenters. The van der Waals surface area contributed by atoms with E-state index in [0.717, 1.165) is 23.3 Å². The summed E-state index contributed by atoms with van der Waals surface area (Å²) in [7, 11) is 0. The van der Waals surface area contributed by atoms with Gasteiger partial charge in [-0.25, -0.2) is 0 Å². The minimum absolute atomic E-state index is 0.129. The van der Waals surface area contributed by atoms with Crippen LogP contribution in [0.4, 0.5) is 0 Å². The van der Waals surface area contributed by atoms with Gasteiger partial charge in [0.25, 0.3) is 0 Å². The van der Waals surface area contributed by atoms with E-state index in [2.05, 4.69) is 81.3 Å². The van der Waals surface area contributed by atoms with Gasteiger partial charge in [-0.2, -0.15) is 0 Å². The Morgan fingerprint density at radius 3 is 2.64 bits per heavy atom. The second-order valence-corrected chi connectivity index (χ2v) is 5.97. The van der Waals surface area contributed by atoms with Crippen LogP contribution in [0.1, 0.15) is 45.2 Å². The van der Waals surface area contributed by atoms with E-state index >= 15 is 0 Å². The first-order valence-electron chi connectivity index (χ1n) is 7.93. The van der Waals surface area contributed by atoms with Gasteiger partial charge in [-0.15, -0.1) is 0 Å². The van der Waals surface area contributed by atoms with Crippen molar-refractivity contribution in [3.05, 3.63) is 59.7 Å². The van der Waals surface area contributed by atoms with Crippen molar-refractivity contribution in [3.63, 3.8) is 0 Å². The van der Waals surface area contributed by atoms with Gasteiger partial charge in [0.2, 0.25) is 0 Å². The quantitative estimate of drug-likeness (QED) is 0.684. The molecular weight excluding hydrogens is 270 g/mol. The molecule has 1 aliphatic rings. The monoisotopic (exact) mass is 295 g/mol. The highest BCUT2D eigenvalue weighted by molar-refractivity contribution is 5.88. The zero-order valence-electron chi connectivity index (χ0n) is 13.9. The molecule has 0 N–H and O–H groups in total. The molecule has 0 heterocycles. The number of hydrogen-bond donors (Lipinski definition) is 0. The molecule has 2 nitrogen and oxygen atoms in total.